The number of thioether (sulfide) groups is 1. The zero-order valence-corrected chi connectivity index (χ0v) is 25.6. The van der Waals surface area contributed by atoms with Crippen molar-refractivity contribution in [2.45, 2.75) is 74.5 Å². The van der Waals surface area contributed by atoms with Gasteiger partial charge < -0.3 is 26.8 Å². The highest BCUT2D eigenvalue weighted by Gasteiger charge is 2.32. The Labute approximate surface area is 256 Å². The molecule has 12 heteroatoms. The fourth-order valence-electron chi connectivity index (χ4n) is 5.96. The molecule has 1 fully saturated rings. The molecule has 1 amide bonds. The van der Waals surface area contributed by atoms with Gasteiger partial charge in [0.25, 0.3) is 11.5 Å². The van der Waals surface area contributed by atoms with E-state index in [1.54, 1.807) is 30.1 Å². The summed E-state index contributed by atoms with van der Waals surface area (Å²) in [6, 6.07) is 5.36. The van der Waals surface area contributed by atoms with Gasteiger partial charge in [0.15, 0.2) is 5.56 Å². The number of nitrogens with zero attached hydrogens (tertiary/aromatic N) is 3. The second-order valence-corrected chi connectivity index (χ2v) is 12.8. The molecule has 0 saturated heterocycles. The minimum Gasteiger partial charge on any atom is -0.493 e. The summed E-state index contributed by atoms with van der Waals surface area (Å²) >= 11 is 8.30. The van der Waals surface area contributed by atoms with Gasteiger partial charge in [-0.25, -0.2) is 0 Å². The largest absolute Gasteiger partial charge is 0.493 e. The molecule has 10 nitrogen and oxygen atoms in total. The molecule has 1 saturated carbocycles. The van der Waals surface area contributed by atoms with Crippen LogP contribution in [0.25, 0.3) is 0 Å². The lowest BCUT2D eigenvalue weighted by molar-refractivity contribution is 0.102. The van der Waals surface area contributed by atoms with Crippen LogP contribution in [0.4, 0.5) is 5.69 Å². The van der Waals surface area contributed by atoms with Gasteiger partial charge in [-0.3, -0.25) is 19.1 Å². The monoisotopic (exact) mass is 615 g/mol. The average molecular weight is 616 g/mol. The van der Waals surface area contributed by atoms with Gasteiger partial charge in [0.1, 0.15) is 5.82 Å². The number of aliphatic imine (C=N–C) groups is 1. The molecule has 4 rings (SSSR count). The van der Waals surface area contributed by atoms with E-state index >= 15 is 0 Å². The summed E-state index contributed by atoms with van der Waals surface area (Å²) < 4.78 is 1.47. The van der Waals surface area contributed by atoms with Crippen molar-refractivity contribution >= 4 is 41.7 Å². The van der Waals surface area contributed by atoms with Gasteiger partial charge in [-0.15, -0.1) is 11.8 Å². The van der Waals surface area contributed by atoms with Gasteiger partial charge in [-0.1, -0.05) is 30.5 Å². The molecule has 1 aliphatic heterocycles. The number of fused-ring (bicyclic) bond motifs is 1. The first-order chi connectivity index (χ1) is 20.4. The number of anilines is 1. The lowest BCUT2D eigenvalue weighted by Crippen LogP contribution is -2.34. The van der Waals surface area contributed by atoms with Crippen LogP contribution >= 0.6 is 23.4 Å². The number of aryl methyl sites for hydroxylation is 1. The Hall–Kier alpha value is -3.02. The van der Waals surface area contributed by atoms with Crippen molar-refractivity contribution in [1.29, 1.82) is 0 Å². The van der Waals surface area contributed by atoms with E-state index in [1.807, 2.05) is 6.07 Å². The third kappa shape index (κ3) is 8.08. The van der Waals surface area contributed by atoms with Crippen LogP contribution in [0, 0.1) is 5.41 Å². The molecule has 6 N–H and O–H groups in total. The van der Waals surface area contributed by atoms with Crippen molar-refractivity contribution in [3.63, 3.8) is 0 Å². The predicted molar refractivity (Wildman–Crippen MR) is 171 cm³/mol. The standard InChI is InChI=1S/C30H42ClN7O3S/c1-33-19-21(20-35-16-13-30(10-3-4-11-30)12-15-34-17-14-32)42-23-8-6-7-22(26(23)31)36-27(39)25-28(40)37-24-9-2-5-18-38(24)29(25)41/h6-8,14,17,21,34-35,40H,1-5,9-13,15-16,18-20,32H2,(H,36,39)/b17-14-. The van der Waals surface area contributed by atoms with E-state index in [0.717, 1.165) is 50.2 Å². The Morgan fingerprint density at radius 1 is 1.26 bits per heavy atom. The molecule has 1 atom stereocenters. The summed E-state index contributed by atoms with van der Waals surface area (Å²) in [5.41, 5.74) is 5.24. The molecule has 2 aromatic rings. The number of hydrogen-bond donors (Lipinski definition) is 5. The van der Waals surface area contributed by atoms with Gasteiger partial charge in [-0.05, 0) is 69.3 Å². The topological polar surface area (TPSA) is 147 Å². The highest BCUT2D eigenvalue weighted by Crippen LogP contribution is 2.43. The van der Waals surface area contributed by atoms with Crippen molar-refractivity contribution in [2.24, 2.45) is 16.1 Å². The molecule has 2 aliphatic rings. The normalized spacial score (nSPS) is 16.7. The fourth-order valence-corrected chi connectivity index (χ4v) is 7.38. The molecule has 0 spiro atoms. The van der Waals surface area contributed by atoms with E-state index in [0.29, 0.717) is 41.5 Å². The van der Waals surface area contributed by atoms with Crippen molar-refractivity contribution < 1.29 is 9.90 Å². The maximum Gasteiger partial charge on any atom is 0.270 e. The highest BCUT2D eigenvalue weighted by molar-refractivity contribution is 8.00. The zero-order chi connectivity index (χ0) is 30.0. The molecular formula is C30H42ClN7O3S. The Kier molecular flexibility index (Phi) is 11.7. The smallest absolute Gasteiger partial charge is 0.270 e. The first-order valence-corrected chi connectivity index (χ1v) is 16.0. The first kappa shape index (κ1) is 31.9. The van der Waals surface area contributed by atoms with Crippen molar-refractivity contribution in [3.8, 4) is 5.88 Å². The highest BCUT2D eigenvalue weighted by atomic mass is 35.5. The first-order valence-electron chi connectivity index (χ1n) is 14.7. The second-order valence-electron chi connectivity index (χ2n) is 11.1. The summed E-state index contributed by atoms with van der Waals surface area (Å²) in [5.74, 6) is -0.794. The fraction of sp³-hybridized carbons (Fsp3) is 0.533. The van der Waals surface area contributed by atoms with Crippen LogP contribution in [0.5, 0.6) is 5.88 Å². The molecule has 2 heterocycles. The number of hydrogen-bond acceptors (Lipinski definition) is 9. The summed E-state index contributed by atoms with van der Waals surface area (Å²) in [6.07, 6.45) is 13.0. The second kappa shape index (κ2) is 15.5. The zero-order valence-electron chi connectivity index (χ0n) is 24.0. The van der Waals surface area contributed by atoms with Gasteiger partial charge in [0, 0.05) is 48.6 Å². The molecule has 1 aromatic carbocycles. The number of rotatable bonds is 15. The van der Waals surface area contributed by atoms with E-state index in [4.69, 9.17) is 17.3 Å². The minimum absolute atomic E-state index is 0.0837. The number of aromatic nitrogens is 2. The van der Waals surface area contributed by atoms with Gasteiger partial charge in [0.2, 0.25) is 5.88 Å². The van der Waals surface area contributed by atoms with Crippen LogP contribution in [0.3, 0.4) is 0 Å². The molecule has 1 unspecified atom stereocenters. The minimum atomic E-state index is -0.740. The van der Waals surface area contributed by atoms with Crippen LogP contribution in [0.1, 0.15) is 67.5 Å². The molecule has 0 radical (unpaired) electrons. The molecule has 1 aliphatic carbocycles. The van der Waals surface area contributed by atoms with E-state index in [1.165, 1.54) is 36.5 Å². The molecule has 0 bridgehead atoms. The Balaban J connectivity index is 1.37. The quantitative estimate of drug-likeness (QED) is 0.113. The maximum atomic E-state index is 13.1. The van der Waals surface area contributed by atoms with Crippen LogP contribution < -0.4 is 27.2 Å². The van der Waals surface area contributed by atoms with Crippen LogP contribution in [-0.4, -0.2) is 58.7 Å². The van der Waals surface area contributed by atoms with E-state index in [-0.39, 0.29) is 10.8 Å². The molecule has 1 aromatic heterocycles. The van der Waals surface area contributed by atoms with E-state index in [2.05, 4.69) is 32.6 Å². The number of nitrogens with one attached hydrogen (secondary N) is 3. The van der Waals surface area contributed by atoms with E-state index in [9.17, 15) is 14.7 Å². The number of benzene rings is 1. The lowest BCUT2D eigenvalue weighted by Gasteiger charge is -2.29. The summed E-state index contributed by atoms with van der Waals surface area (Å²) in [7, 11) is 0. The number of carbonyl (C=O) groups is 1. The van der Waals surface area contributed by atoms with Crippen LogP contribution in [0.15, 0.2) is 45.3 Å². The summed E-state index contributed by atoms with van der Waals surface area (Å²) in [4.78, 5) is 35.1. The Morgan fingerprint density at radius 2 is 2.05 bits per heavy atom. The number of aromatic hydroxyl groups is 1. The maximum absolute atomic E-state index is 13.1. The third-order valence-corrected chi connectivity index (χ3v) is 9.97. The Bertz CT molecular complexity index is 1330. The number of amides is 1. The van der Waals surface area contributed by atoms with Crippen molar-refractivity contribution in [3.05, 3.63) is 57.4 Å². The van der Waals surface area contributed by atoms with Gasteiger partial charge in [0.05, 0.1) is 17.3 Å². The molecule has 42 heavy (non-hydrogen) atoms. The molecular weight excluding hydrogens is 574 g/mol. The summed E-state index contributed by atoms with van der Waals surface area (Å²) in [6.45, 7) is 7.28. The predicted octanol–water partition coefficient (Wildman–Crippen LogP) is 4.30. The number of nitrogens with two attached hydrogens (primary N) is 1. The molecule has 228 valence electrons. The van der Waals surface area contributed by atoms with E-state index < -0.39 is 17.3 Å². The van der Waals surface area contributed by atoms with Crippen molar-refractivity contribution in [2.75, 3.05) is 31.5 Å². The lowest BCUT2D eigenvalue weighted by atomic mass is 9.79. The van der Waals surface area contributed by atoms with Crippen molar-refractivity contribution in [1.82, 2.24) is 20.2 Å². The van der Waals surface area contributed by atoms with Gasteiger partial charge >= 0.3 is 0 Å². The summed E-state index contributed by atoms with van der Waals surface area (Å²) in [5, 5.41) is 20.4. The van der Waals surface area contributed by atoms with Crippen LogP contribution in [-0.2, 0) is 13.0 Å². The third-order valence-electron chi connectivity index (χ3n) is 8.21. The number of halogens is 1. The van der Waals surface area contributed by atoms with Gasteiger partial charge in [-0.2, -0.15) is 4.98 Å². The number of carbonyl (C=O) groups excluding carboxylic acids is 1. The average Bonchev–Trinajstić information content (AvgIpc) is 3.44. The Morgan fingerprint density at radius 3 is 2.81 bits per heavy atom. The SMILES string of the molecule is C=NCC(CNCCC1(CCN/C=C\N)CCCC1)Sc1cccc(NC(=O)c2c(O)nc3n(c2=O)CCCC3)c1Cl. The van der Waals surface area contributed by atoms with Crippen LogP contribution in [0.2, 0.25) is 5.02 Å².